The maximum Gasteiger partial charge on any atom is 0.254 e. The first-order valence-corrected chi connectivity index (χ1v) is 7.08. The molecule has 5 heteroatoms. The number of thioether (sulfide) groups is 1. The Balaban J connectivity index is 2.02. The van der Waals surface area contributed by atoms with E-state index in [2.05, 4.69) is 5.32 Å². The second-order valence-electron chi connectivity index (χ2n) is 4.52. The van der Waals surface area contributed by atoms with Gasteiger partial charge in [0.05, 0.1) is 5.56 Å². The van der Waals surface area contributed by atoms with E-state index < -0.39 is 17.5 Å². The van der Waals surface area contributed by atoms with Crippen molar-refractivity contribution in [2.45, 2.75) is 24.0 Å². The molecule has 1 aliphatic carbocycles. The minimum absolute atomic E-state index is 0.0828. The van der Waals surface area contributed by atoms with Gasteiger partial charge in [0.15, 0.2) is 11.6 Å². The molecule has 0 aromatic heterocycles. The zero-order valence-corrected chi connectivity index (χ0v) is 10.9. The lowest BCUT2D eigenvalue weighted by atomic mass is 9.84. The molecule has 0 spiro atoms. The van der Waals surface area contributed by atoms with Crippen LogP contribution in [0.3, 0.4) is 0 Å². The fraction of sp³-hybridized carbons (Fsp3) is 0.462. The minimum Gasteiger partial charge on any atom is -0.351 e. The van der Waals surface area contributed by atoms with E-state index in [1.54, 1.807) is 11.8 Å². The molecule has 0 unspecified atom stereocenters. The fourth-order valence-corrected chi connectivity index (χ4v) is 2.95. The topological polar surface area (TPSA) is 29.1 Å². The summed E-state index contributed by atoms with van der Waals surface area (Å²) in [7, 11) is 0. The molecule has 1 aromatic carbocycles. The van der Waals surface area contributed by atoms with Crippen molar-refractivity contribution in [2.24, 2.45) is 0 Å². The van der Waals surface area contributed by atoms with Gasteiger partial charge in [0.25, 0.3) is 5.91 Å². The standard InChI is InChI=1S/C13H15F2NOS/c1-18-13(6-3-7-13)8-16-12(17)9-4-2-5-10(14)11(9)15/h2,4-5H,3,6-8H2,1H3,(H,16,17). The van der Waals surface area contributed by atoms with E-state index in [0.717, 1.165) is 25.3 Å². The van der Waals surface area contributed by atoms with Gasteiger partial charge in [0.1, 0.15) is 0 Å². The van der Waals surface area contributed by atoms with E-state index in [0.29, 0.717) is 6.54 Å². The van der Waals surface area contributed by atoms with Gasteiger partial charge in [0.2, 0.25) is 0 Å². The number of carbonyl (C=O) groups excluding carboxylic acids is 1. The molecule has 98 valence electrons. The van der Waals surface area contributed by atoms with Crippen molar-refractivity contribution in [1.29, 1.82) is 0 Å². The first-order chi connectivity index (χ1) is 8.58. The number of carbonyl (C=O) groups is 1. The van der Waals surface area contributed by atoms with Crippen LogP contribution >= 0.6 is 11.8 Å². The molecular formula is C13H15F2NOS. The van der Waals surface area contributed by atoms with Gasteiger partial charge in [-0.15, -0.1) is 0 Å². The van der Waals surface area contributed by atoms with Crippen molar-refractivity contribution in [3.05, 3.63) is 35.4 Å². The summed E-state index contributed by atoms with van der Waals surface area (Å²) < 4.78 is 26.5. The maximum atomic E-state index is 13.4. The number of rotatable bonds is 4. The molecule has 0 bridgehead atoms. The Labute approximate surface area is 109 Å². The molecule has 2 nitrogen and oxygen atoms in total. The maximum absolute atomic E-state index is 13.4. The second kappa shape index (κ2) is 5.26. The van der Waals surface area contributed by atoms with Gasteiger partial charge in [-0.25, -0.2) is 8.78 Å². The van der Waals surface area contributed by atoms with Gasteiger partial charge in [-0.05, 0) is 31.2 Å². The van der Waals surface area contributed by atoms with Crippen molar-refractivity contribution in [3.63, 3.8) is 0 Å². The number of halogens is 2. The van der Waals surface area contributed by atoms with Crippen molar-refractivity contribution in [1.82, 2.24) is 5.32 Å². The average molecular weight is 271 g/mol. The Hall–Kier alpha value is -1.10. The third-order valence-electron chi connectivity index (χ3n) is 3.47. The molecule has 2 rings (SSSR count). The molecular weight excluding hydrogens is 256 g/mol. The van der Waals surface area contributed by atoms with Crippen LogP contribution in [-0.4, -0.2) is 23.5 Å². The molecule has 1 aliphatic rings. The zero-order chi connectivity index (χ0) is 13.2. The molecule has 1 aromatic rings. The van der Waals surface area contributed by atoms with Crippen molar-refractivity contribution in [3.8, 4) is 0 Å². The third-order valence-corrected chi connectivity index (χ3v) is 4.88. The summed E-state index contributed by atoms with van der Waals surface area (Å²) in [5.41, 5.74) is -0.231. The van der Waals surface area contributed by atoms with Crippen molar-refractivity contribution < 1.29 is 13.6 Å². The van der Waals surface area contributed by atoms with E-state index in [4.69, 9.17) is 0 Å². The highest BCUT2D eigenvalue weighted by molar-refractivity contribution is 8.00. The Kier molecular flexibility index (Phi) is 3.90. The quantitative estimate of drug-likeness (QED) is 0.912. The monoisotopic (exact) mass is 271 g/mol. The summed E-state index contributed by atoms with van der Waals surface area (Å²) in [6.45, 7) is 0.503. The summed E-state index contributed by atoms with van der Waals surface area (Å²) in [4.78, 5) is 11.8. The van der Waals surface area contributed by atoms with E-state index in [-0.39, 0.29) is 10.3 Å². The summed E-state index contributed by atoms with van der Waals surface area (Å²) in [6, 6.07) is 3.63. The summed E-state index contributed by atoms with van der Waals surface area (Å²) in [6.07, 6.45) is 5.28. The lowest BCUT2D eigenvalue weighted by Crippen LogP contribution is -2.45. The van der Waals surface area contributed by atoms with Crippen LogP contribution < -0.4 is 5.32 Å². The largest absolute Gasteiger partial charge is 0.351 e. The number of hydrogen-bond donors (Lipinski definition) is 1. The molecule has 1 fully saturated rings. The third kappa shape index (κ3) is 2.51. The zero-order valence-electron chi connectivity index (χ0n) is 10.1. The van der Waals surface area contributed by atoms with E-state index in [9.17, 15) is 13.6 Å². The molecule has 0 heterocycles. The molecule has 1 saturated carbocycles. The van der Waals surface area contributed by atoms with Gasteiger partial charge in [0, 0.05) is 11.3 Å². The van der Waals surface area contributed by atoms with Crippen LogP contribution in [0.25, 0.3) is 0 Å². The van der Waals surface area contributed by atoms with E-state index in [1.807, 2.05) is 6.26 Å². The first kappa shape index (κ1) is 13.3. The molecule has 0 aliphatic heterocycles. The lowest BCUT2D eigenvalue weighted by Gasteiger charge is -2.40. The molecule has 0 atom stereocenters. The average Bonchev–Trinajstić information content (AvgIpc) is 2.31. The van der Waals surface area contributed by atoms with Crippen LogP contribution in [-0.2, 0) is 0 Å². The summed E-state index contributed by atoms with van der Waals surface area (Å²) in [5, 5.41) is 2.69. The molecule has 1 amide bonds. The van der Waals surface area contributed by atoms with Gasteiger partial charge in [-0.1, -0.05) is 12.5 Å². The molecule has 18 heavy (non-hydrogen) atoms. The number of nitrogens with one attached hydrogen (secondary N) is 1. The highest BCUT2D eigenvalue weighted by atomic mass is 32.2. The second-order valence-corrected chi connectivity index (χ2v) is 5.80. The SMILES string of the molecule is CSC1(CNC(=O)c2cccc(F)c2F)CCC1. The summed E-state index contributed by atoms with van der Waals surface area (Å²) >= 11 is 1.72. The van der Waals surface area contributed by atoms with Crippen LogP contribution in [0, 0.1) is 11.6 Å². The van der Waals surface area contributed by atoms with Crippen LogP contribution in [0.2, 0.25) is 0 Å². The van der Waals surface area contributed by atoms with Crippen LogP contribution in [0.4, 0.5) is 8.78 Å². The Morgan fingerprint density at radius 3 is 2.72 bits per heavy atom. The lowest BCUT2D eigenvalue weighted by molar-refractivity contribution is 0.0939. The van der Waals surface area contributed by atoms with Gasteiger partial charge in [-0.3, -0.25) is 4.79 Å². The van der Waals surface area contributed by atoms with Gasteiger partial charge < -0.3 is 5.32 Å². The van der Waals surface area contributed by atoms with E-state index >= 15 is 0 Å². The normalized spacial score (nSPS) is 17.1. The van der Waals surface area contributed by atoms with Crippen molar-refractivity contribution in [2.75, 3.05) is 12.8 Å². The van der Waals surface area contributed by atoms with Crippen LogP contribution in [0.1, 0.15) is 29.6 Å². The summed E-state index contributed by atoms with van der Waals surface area (Å²) in [5.74, 6) is -2.62. The molecule has 0 radical (unpaired) electrons. The minimum atomic E-state index is -1.08. The van der Waals surface area contributed by atoms with Crippen LogP contribution in [0.5, 0.6) is 0 Å². The van der Waals surface area contributed by atoms with E-state index in [1.165, 1.54) is 12.1 Å². The molecule has 0 saturated heterocycles. The predicted octanol–water partition coefficient (Wildman–Crippen LogP) is 2.98. The highest BCUT2D eigenvalue weighted by Crippen LogP contribution is 2.42. The van der Waals surface area contributed by atoms with Crippen LogP contribution in [0.15, 0.2) is 18.2 Å². The number of benzene rings is 1. The fourth-order valence-electron chi connectivity index (χ4n) is 2.04. The van der Waals surface area contributed by atoms with Crippen molar-refractivity contribution >= 4 is 17.7 Å². The number of amides is 1. The Morgan fingerprint density at radius 2 is 2.17 bits per heavy atom. The Morgan fingerprint density at radius 1 is 1.44 bits per heavy atom. The first-order valence-electron chi connectivity index (χ1n) is 5.85. The molecule has 1 N–H and O–H groups in total. The van der Waals surface area contributed by atoms with Gasteiger partial charge in [-0.2, -0.15) is 11.8 Å². The predicted molar refractivity (Wildman–Crippen MR) is 68.8 cm³/mol. The smallest absolute Gasteiger partial charge is 0.254 e. The highest BCUT2D eigenvalue weighted by Gasteiger charge is 2.36. The van der Waals surface area contributed by atoms with Gasteiger partial charge >= 0.3 is 0 Å². The number of hydrogen-bond acceptors (Lipinski definition) is 2. The Bertz CT molecular complexity index is 455.